The maximum atomic E-state index is 12.2. The van der Waals surface area contributed by atoms with Crippen molar-refractivity contribution >= 4 is 42.8 Å². The van der Waals surface area contributed by atoms with E-state index in [2.05, 4.69) is 35.6 Å². The highest BCUT2D eigenvalue weighted by Gasteiger charge is 2.15. The highest BCUT2D eigenvalue weighted by molar-refractivity contribution is 9.10. The second-order valence-electron chi connectivity index (χ2n) is 5.08. The quantitative estimate of drug-likeness (QED) is 0.625. The number of hydrogen-bond donors (Lipinski definition) is 3. The number of nitrogen functional groups attached to an aromatic ring is 1. The number of fused-ring (bicyclic) bond motifs is 1. The fourth-order valence-electron chi connectivity index (χ4n) is 2.25. The standard InChI is InChI=1S/C14H14BrN5O2S/c1-8-2-10(15)3-9-4-11(20-13(8)9)5-19-23(21,22)12-6-17-14(16)18-7-12/h2-4,6-7,19-20H,5H2,1H3,(H2,16,17,18). The molecule has 0 aliphatic heterocycles. The number of aromatic amines is 1. The SMILES string of the molecule is Cc1cc(Br)cc2cc(CNS(=O)(=O)c3cnc(N)nc3)[nH]c12. The molecule has 9 heteroatoms. The summed E-state index contributed by atoms with van der Waals surface area (Å²) in [4.78, 5) is 10.6. The lowest BCUT2D eigenvalue weighted by Gasteiger charge is -2.05. The van der Waals surface area contributed by atoms with E-state index in [1.807, 2.05) is 25.1 Å². The lowest BCUT2D eigenvalue weighted by atomic mass is 10.2. The smallest absolute Gasteiger partial charge is 0.243 e. The van der Waals surface area contributed by atoms with E-state index >= 15 is 0 Å². The average Bonchev–Trinajstić information content (AvgIpc) is 2.89. The molecular weight excluding hydrogens is 382 g/mol. The number of rotatable bonds is 4. The van der Waals surface area contributed by atoms with Crippen LogP contribution in [0, 0.1) is 6.92 Å². The normalized spacial score (nSPS) is 11.9. The molecule has 23 heavy (non-hydrogen) atoms. The van der Waals surface area contributed by atoms with E-state index in [0.29, 0.717) is 0 Å². The largest absolute Gasteiger partial charge is 0.368 e. The van der Waals surface area contributed by atoms with Crippen molar-refractivity contribution in [3.8, 4) is 0 Å². The number of sulfonamides is 1. The molecule has 2 aromatic heterocycles. The molecule has 0 fully saturated rings. The van der Waals surface area contributed by atoms with Crippen molar-refractivity contribution in [1.29, 1.82) is 0 Å². The first-order valence-corrected chi connectivity index (χ1v) is 8.98. The summed E-state index contributed by atoms with van der Waals surface area (Å²) in [5, 5.41) is 1.02. The maximum absolute atomic E-state index is 12.2. The molecule has 0 unspecified atom stereocenters. The van der Waals surface area contributed by atoms with Crippen LogP contribution < -0.4 is 10.5 Å². The van der Waals surface area contributed by atoms with Crippen LogP contribution in [0.3, 0.4) is 0 Å². The topological polar surface area (TPSA) is 114 Å². The van der Waals surface area contributed by atoms with Crippen molar-refractivity contribution in [3.05, 3.63) is 46.3 Å². The van der Waals surface area contributed by atoms with Gasteiger partial charge in [0.05, 0.1) is 18.9 Å². The second kappa shape index (κ2) is 5.91. The van der Waals surface area contributed by atoms with Gasteiger partial charge in [0.2, 0.25) is 16.0 Å². The van der Waals surface area contributed by atoms with E-state index in [9.17, 15) is 8.42 Å². The van der Waals surface area contributed by atoms with Gasteiger partial charge < -0.3 is 10.7 Å². The summed E-state index contributed by atoms with van der Waals surface area (Å²) in [5.41, 5.74) is 8.19. The minimum Gasteiger partial charge on any atom is -0.368 e. The third-order valence-corrected chi connectivity index (χ3v) is 5.17. The van der Waals surface area contributed by atoms with E-state index in [1.165, 1.54) is 12.4 Å². The van der Waals surface area contributed by atoms with Gasteiger partial charge in [-0.1, -0.05) is 15.9 Å². The molecule has 7 nitrogen and oxygen atoms in total. The van der Waals surface area contributed by atoms with Crippen LogP contribution in [0.25, 0.3) is 10.9 Å². The van der Waals surface area contributed by atoms with E-state index in [1.54, 1.807) is 0 Å². The molecule has 3 rings (SSSR count). The van der Waals surface area contributed by atoms with Crippen LogP contribution in [-0.2, 0) is 16.6 Å². The van der Waals surface area contributed by atoms with Crippen molar-refractivity contribution in [3.63, 3.8) is 0 Å². The molecule has 0 amide bonds. The molecule has 1 aromatic carbocycles. The highest BCUT2D eigenvalue weighted by atomic mass is 79.9. The number of nitrogens with two attached hydrogens (primary N) is 1. The van der Waals surface area contributed by atoms with Crippen LogP contribution in [0.1, 0.15) is 11.3 Å². The summed E-state index contributed by atoms with van der Waals surface area (Å²) >= 11 is 3.45. The van der Waals surface area contributed by atoms with Gasteiger partial charge in [-0.05, 0) is 30.7 Å². The van der Waals surface area contributed by atoms with Crippen molar-refractivity contribution in [1.82, 2.24) is 19.7 Å². The Balaban J connectivity index is 1.82. The van der Waals surface area contributed by atoms with Gasteiger partial charge in [-0.2, -0.15) is 0 Å². The minimum absolute atomic E-state index is 0.0262. The number of nitrogens with zero attached hydrogens (tertiary/aromatic N) is 2. The van der Waals surface area contributed by atoms with Gasteiger partial charge in [-0.25, -0.2) is 23.1 Å². The van der Waals surface area contributed by atoms with Gasteiger partial charge in [0, 0.05) is 21.1 Å². The molecule has 4 N–H and O–H groups in total. The fraction of sp³-hybridized carbons (Fsp3) is 0.143. The van der Waals surface area contributed by atoms with Gasteiger partial charge in [0.1, 0.15) is 4.90 Å². The number of anilines is 1. The number of benzene rings is 1. The lowest BCUT2D eigenvalue weighted by Crippen LogP contribution is -2.23. The Morgan fingerprint density at radius 3 is 2.65 bits per heavy atom. The Morgan fingerprint density at radius 2 is 1.96 bits per heavy atom. The molecule has 0 spiro atoms. The summed E-state index contributed by atoms with van der Waals surface area (Å²) in [6.45, 7) is 2.13. The monoisotopic (exact) mass is 395 g/mol. The van der Waals surface area contributed by atoms with Gasteiger partial charge in [0.15, 0.2) is 0 Å². The first kappa shape index (κ1) is 15.9. The third-order valence-electron chi connectivity index (χ3n) is 3.36. The number of aryl methyl sites for hydroxylation is 1. The minimum atomic E-state index is -3.69. The first-order valence-electron chi connectivity index (χ1n) is 6.70. The molecule has 0 radical (unpaired) electrons. The Kier molecular flexibility index (Phi) is 4.09. The number of hydrogen-bond acceptors (Lipinski definition) is 5. The third kappa shape index (κ3) is 3.36. The van der Waals surface area contributed by atoms with E-state index in [-0.39, 0.29) is 17.4 Å². The Labute approximate surface area is 141 Å². The second-order valence-corrected chi connectivity index (χ2v) is 7.77. The predicted molar refractivity (Wildman–Crippen MR) is 91.2 cm³/mol. The molecule has 0 aliphatic rings. The van der Waals surface area contributed by atoms with Gasteiger partial charge in [-0.15, -0.1) is 0 Å². The zero-order valence-corrected chi connectivity index (χ0v) is 14.6. The summed E-state index contributed by atoms with van der Waals surface area (Å²) in [7, 11) is -3.69. The predicted octanol–water partition coefficient (Wildman–Crippen LogP) is 2.09. The van der Waals surface area contributed by atoms with Crippen molar-refractivity contribution in [2.24, 2.45) is 0 Å². The zero-order valence-electron chi connectivity index (χ0n) is 12.2. The zero-order chi connectivity index (χ0) is 16.6. The molecule has 0 aliphatic carbocycles. The van der Waals surface area contributed by atoms with Crippen LogP contribution in [0.15, 0.2) is 40.0 Å². The van der Waals surface area contributed by atoms with Crippen LogP contribution in [-0.4, -0.2) is 23.4 Å². The van der Waals surface area contributed by atoms with Crippen molar-refractivity contribution < 1.29 is 8.42 Å². The van der Waals surface area contributed by atoms with Gasteiger partial charge in [-0.3, -0.25) is 0 Å². The number of aromatic nitrogens is 3. The molecule has 0 atom stereocenters. The van der Waals surface area contributed by atoms with Crippen LogP contribution in [0.5, 0.6) is 0 Å². The molecular formula is C14H14BrN5O2S. The number of halogens is 1. The Bertz CT molecular complexity index is 967. The van der Waals surface area contributed by atoms with Gasteiger partial charge >= 0.3 is 0 Å². The summed E-state index contributed by atoms with van der Waals surface area (Å²) in [5.74, 6) is 0.0284. The lowest BCUT2D eigenvalue weighted by molar-refractivity contribution is 0.580. The number of nitrogens with one attached hydrogen (secondary N) is 2. The summed E-state index contributed by atoms with van der Waals surface area (Å²) in [6.07, 6.45) is 2.36. The Morgan fingerprint density at radius 1 is 1.26 bits per heavy atom. The molecule has 0 saturated carbocycles. The van der Waals surface area contributed by atoms with Crippen molar-refractivity contribution in [2.75, 3.05) is 5.73 Å². The van der Waals surface area contributed by atoms with Crippen LogP contribution >= 0.6 is 15.9 Å². The van der Waals surface area contributed by atoms with Crippen LogP contribution in [0.2, 0.25) is 0 Å². The van der Waals surface area contributed by atoms with Crippen LogP contribution in [0.4, 0.5) is 5.95 Å². The average molecular weight is 396 g/mol. The van der Waals surface area contributed by atoms with Crippen molar-refractivity contribution in [2.45, 2.75) is 18.4 Å². The maximum Gasteiger partial charge on any atom is 0.243 e. The summed E-state index contributed by atoms with van der Waals surface area (Å²) < 4.78 is 27.9. The van der Waals surface area contributed by atoms with E-state index in [0.717, 1.165) is 26.6 Å². The Hall–Kier alpha value is -1.97. The first-order chi connectivity index (χ1) is 10.8. The summed E-state index contributed by atoms with van der Waals surface area (Å²) in [6, 6.07) is 5.89. The van der Waals surface area contributed by atoms with E-state index < -0.39 is 10.0 Å². The molecule has 0 saturated heterocycles. The molecule has 120 valence electrons. The molecule has 3 aromatic rings. The molecule has 2 heterocycles. The molecule has 0 bridgehead atoms. The fourth-order valence-corrected chi connectivity index (χ4v) is 3.74. The van der Waals surface area contributed by atoms with E-state index in [4.69, 9.17) is 5.73 Å². The number of H-pyrrole nitrogens is 1. The van der Waals surface area contributed by atoms with Gasteiger partial charge in [0.25, 0.3) is 0 Å². The highest BCUT2D eigenvalue weighted by Crippen LogP contribution is 2.24.